The topological polar surface area (TPSA) is 111 Å². The third-order valence-electron chi connectivity index (χ3n) is 4.40. The molecule has 0 saturated heterocycles. The molecular weight excluding hydrogens is 434 g/mol. The summed E-state index contributed by atoms with van der Waals surface area (Å²) in [5.74, 6) is -1.03. The summed E-state index contributed by atoms with van der Waals surface area (Å²) in [6, 6.07) is 5.60. The number of fused-ring (bicyclic) bond motifs is 1. The van der Waals surface area contributed by atoms with E-state index in [0.717, 1.165) is 36.4 Å². The molecule has 4 aromatic rings. The fourth-order valence-corrected chi connectivity index (χ4v) is 2.92. The number of hydrogen-bond acceptors (Lipinski definition) is 7. The van der Waals surface area contributed by atoms with Gasteiger partial charge in [-0.25, -0.2) is 9.37 Å². The molecule has 13 heteroatoms. The molecule has 9 nitrogen and oxygen atoms in total. The van der Waals surface area contributed by atoms with Gasteiger partial charge >= 0.3 is 6.18 Å². The Labute approximate surface area is 176 Å². The van der Waals surface area contributed by atoms with E-state index in [1.807, 2.05) is 0 Å². The van der Waals surface area contributed by atoms with E-state index in [1.165, 1.54) is 10.9 Å². The van der Waals surface area contributed by atoms with Gasteiger partial charge in [0, 0.05) is 30.8 Å². The SMILES string of the molecule is Cn1cc(Nc2nc(Nc3cc([N+](=O)[O-])ccc3F)c3cc(C(F)(F)F)ccc3n2)cn1. The summed E-state index contributed by atoms with van der Waals surface area (Å²) in [7, 11) is 1.68. The van der Waals surface area contributed by atoms with Crippen LogP contribution in [0.4, 0.5) is 46.4 Å². The number of non-ortho nitro benzene ring substituents is 1. The van der Waals surface area contributed by atoms with Gasteiger partial charge < -0.3 is 10.6 Å². The van der Waals surface area contributed by atoms with Crippen LogP contribution in [0.3, 0.4) is 0 Å². The number of alkyl halides is 3. The highest BCUT2D eigenvalue weighted by molar-refractivity contribution is 5.92. The summed E-state index contributed by atoms with van der Waals surface area (Å²) >= 11 is 0. The standard InChI is InChI=1S/C19H13F4N7O2/c1-29-9-11(8-24-29)25-18-27-15-5-2-10(19(21,22)23)6-13(15)17(28-18)26-16-7-12(30(31)32)3-4-14(16)20/h2-9H,1H3,(H2,25,26,27,28). The highest BCUT2D eigenvalue weighted by Gasteiger charge is 2.31. The molecule has 32 heavy (non-hydrogen) atoms. The molecule has 0 spiro atoms. The van der Waals surface area contributed by atoms with Crippen molar-refractivity contribution >= 4 is 39.7 Å². The smallest absolute Gasteiger partial charge is 0.337 e. The highest BCUT2D eigenvalue weighted by Crippen LogP contribution is 2.35. The predicted octanol–water partition coefficient (Wildman–Crippen LogP) is 4.92. The molecule has 0 atom stereocenters. The second kappa shape index (κ2) is 7.76. The Bertz CT molecular complexity index is 1340. The first-order valence-electron chi connectivity index (χ1n) is 8.96. The average Bonchev–Trinajstić information content (AvgIpc) is 3.13. The lowest BCUT2D eigenvalue weighted by atomic mass is 10.1. The van der Waals surface area contributed by atoms with E-state index in [2.05, 4.69) is 25.7 Å². The Hall–Kier alpha value is -4.29. The van der Waals surface area contributed by atoms with Crippen LogP contribution in [0, 0.1) is 15.9 Å². The maximum Gasteiger partial charge on any atom is 0.416 e. The number of nitro groups is 1. The van der Waals surface area contributed by atoms with E-state index in [0.29, 0.717) is 5.69 Å². The minimum atomic E-state index is -4.63. The Kier molecular flexibility index (Phi) is 5.08. The molecule has 0 saturated carbocycles. The third kappa shape index (κ3) is 4.26. The molecule has 0 radical (unpaired) electrons. The van der Waals surface area contributed by atoms with Crippen LogP contribution in [0.1, 0.15) is 5.56 Å². The minimum absolute atomic E-state index is 0.00130. The summed E-state index contributed by atoms with van der Waals surface area (Å²) in [5, 5.41) is 20.4. The second-order valence-corrected chi connectivity index (χ2v) is 6.70. The Morgan fingerprint density at radius 1 is 1.09 bits per heavy atom. The predicted molar refractivity (Wildman–Crippen MR) is 107 cm³/mol. The summed E-state index contributed by atoms with van der Waals surface area (Å²) in [4.78, 5) is 18.7. The van der Waals surface area contributed by atoms with Crippen molar-refractivity contribution in [2.45, 2.75) is 6.18 Å². The number of anilines is 4. The number of nitro benzene ring substituents is 1. The van der Waals surface area contributed by atoms with Crippen molar-refractivity contribution in [3.8, 4) is 0 Å². The second-order valence-electron chi connectivity index (χ2n) is 6.70. The van der Waals surface area contributed by atoms with Crippen molar-refractivity contribution in [3.05, 3.63) is 70.3 Å². The molecule has 2 aromatic heterocycles. The first-order chi connectivity index (χ1) is 15.1. The highest BCUT2D eigenvalue weighted by atomic mass is 19.4. The van der Waals surface area contributed by atoms with Crippen molar-refractivity contribution in [2.24, 2.45) is 7.05 Å². The number of aryl methyl sites for hydroxylation is 1. The molecule has 0 aliphatic rings. The number of benzene rings is 2. The molecule has 0 fully saturated rings. The molecule has 0 aliphatic carbocycles. The van der Waals surface area contributed by atoms with Gasteiger partial charge in [-0.05, 0) is 24.3 Å². The lowest BCUT2D eigenvalue weighted by molar-refractivity contribution is -0.384. The first-order valence-corrected chi connectivity index (χ1v) is 8.96. The molecule has 0 bridgehead atoms. The van der Waals surface area contributed by atoms with E-state index in [4.69, 9.17) is 0 Å². The van der Waals surface area contributed by atoms with Crippen molar-refractivity contribution in [1.82, 2.24) is 19.7 Å². The molecule has 2 heterocycles. The maximum atomic E-state index is 14.3. The molecule has 164 valence electrons. The van der Waals surface area contributed by atoms with E-state index < -0.39 is 28.2 Å². The average molecular weight is 447 g/mol. The number of nitrogens with zero attached hydrogens (tertiary/aromatic N) is 5. The van der Waals surface area contributed by atoms with Crippen LogP contribution >= 0.6 is 0 Å². The van der Waals surface area contributed by atoms with Crippen molar-refractivity contribution in [2.75, 3.05) is 10.6 Å². The quantitative estimate of drug-likeness (QED) is 0.254. The maximum absolute atomic E-state index is 14.3. The van der Waals surface area contributed by atoms with Gasteiger partial charge in [0.1, 0.15) is 11.6 Å². The zero-order valence-electron chi connectivity index (χ0n) is 16.2. The van der Waals surface area contributed by atoms with Crippen LogP contribution in [-0.2, 0) is 13.2 Å². The van der Waals surface area contributed by atoms with Gasteiger partial charge in [-0.3, -0.25) is 14.8 Å². The third-order valence-corrected chi connectivity index (χ3v) is 4.40. The van der Waals surface area contributed by atoms with Gasteiger partial charge in [-0.1, -0.05) is 0 Å². The van der Waals surface area contributed by atoms with Crippen LogP contribution in [0.15, 0.2) is 48.8 Å². The van der Waals surface area contributed by atoms with Gasteiger partial charge in [0.05, 0.1) is 33.6 Å². The molecule has 0 unspecified atom stereocenters. The van der Waals surface area contributed by atoms with E-state index in [1.54, 1.807) is 13.2 Å². The minimum Gasteiger partial charge on any atom is -0.337 e. The first kappa shape index (κ1) is 21.0. The summed E-state index contributed by atoms with van der Waals surface area (Å²) in [5.41, 5.74) is -1.05. The fourth-order valence-electron chi connectivity index (χ4n) is 2.92. The van der Waals surface area contributed by atoms with Crippen molar-refractivity contribution in [1.29, 1.82) is 0 Å². The molecular formula is C19H13F4N7O2. The van der Waals surface area contributed by atoms with Gasteiger partial charge in [-0.2, -0.15) is 23.3 Å². The van der Waals surface area contributed by atoms with Crippen LogP contribution < -0.4 is 10.6 Å². The van der Waals surface area contributed by atoms with Gasteiger partial charge in [0.2, 0.25) is 5.95 Å². The van der Waals surface area contributed by atoms with Crippen LogP contribution in [0.25, 0.3) is 10.9 Å². The monoisotopic (exact) mass is 447 g/mol. The van der Waals surface area contributed by atoms with Gasteiger partial charge in [-0.15, -0.1) is 0 Å². The number of nitrogens with one attached hydrogen (secondary N) is 2. The zero-order chi connectivity index (χ0) is 23.0. The zero-order valence-corrected chi connectivity index (χ0v) is 16.2. The molecule has 2 N–H and O–H groups in total. The van der Waals surface area contributed by atoms with Crippen LogP contribution in [-0.4, -0.2) is 24.7 Å². The Balaban J connectivity index is 1.85. The van der Waals surface area contributed by atoms with Crippen LogP contribution in [0.5, 0.6) is 0 Å². The Morgan fingerprint density at radius 2 is 1.88 bits per heavy atom. The largest absolute Gasteiger partial charge is 0.416 e. The van der Waals surface area contributed by atoms with Crippen LogP contribution in [0.2, 0.25) is 0 Å². The lowest BCUT2D eigenvalue weighted by Crippen LogP contribution is -2.07. The Morgan fingerprint density at radius 3 is 2.53 bits per heavy atom. The van der Waals surface area contributed by atoms with Gasteiger partial charge in [0.25, 0.3) is 5.69 Å². The van der Waals surface area contributed by atoms with E-state index in [-0.39, 0.29) is 28.4 Å². The number of hydrogen-bond donors (Lipinski definition) is 2. The number of halogens is 4. The number of rotatable bonds is 5. The summed E-state index contributed by atoms with van der Waals surface area (Å²) in [6.07, 6.45) is -1.53. The van der Waals surface area contributed by atoms with E-state index in [9.17, 15) is 27.7 Å². The van der Waals surface area contributed by atoms with Gasteiger partial charge in [0.15, 0.2) is 0 Å². The van der Waals surface area contributed by atoms with E-state index >= 15 is 0 Å². The molecule has 0 amide bonds. The molecule has 0 aliphatic heterocycles. The lowest BCUT2D eigenvalue weighted by Gasteiger charge is -2.14. The van der Waals surface area contributed by atoms with Crippen molar-refractivity contribution < 1.29 is 22.5 Å². The summed E-state index contributed by atoms with van der Waals surface area (Å²) < 4.78 is 55.5. The molecule has 4 rings (SSSR count). The fraction of sp³-hybridized carbons (Fsp3) is 0.105. The van der Waals surface area contributed by atoms with Crippen molar-refractivity contribution in [3.63, 3.8) is 0 Å². The number of aromatic nitrogens is 4. The normalized spacial score (nSPS) is 11.5. The molecule has 2 aromatic carbocycles. The summed E-state index contributed by atoms with van der Waals surface area (Å²) in [6.45, 7) is 0.